The Bertz CT molecular complexity index is 943. The van der Waals surface area contributed by atoms with Crippen LogP contribution in [0.5, 0.6) is 5.75 Å². The van der Waals surface area contributed by atoms with Crippen molar-refractivity contribution in [2.45, 2.75) is 19.0 Å². The van der Waals surface area contributed by atoms with Gasteiger partial charge in [-0.25, -0.2) is 14.4 Å². The number of nitrogens with one attached hydrogen (secondary N) is 1. The lowest BCUT2D eigenvalue weighted by Gasteiger charge is -2.07. The number of hydrogen-bond acceptors (Lipinski definition) is 5. The molecule has 0 bridgehead atoms. The summed E-state index contributed by atoms with van der Waals surface area (Å²) < 4.78 is 18.8. The van der Waals surface area contributed by atoms with E-state index in [4.69, 9.17) is 4.74 Å². The van der Waals surface area contributed by atoms with Crippen molar-refractivity contribution in [1.82, 2.24) is 15.0 Å². The maximum atomic E-state index is 13.4. The smallest absolute Gasteiger partial charge is 0.261 e. The van der Waals surface area contributed by atoms with Gasteiger partial charge in [-0.15, -0.1) is 0 Å². The van der Waals surface area contributed by atoms with Crippen molar-refractivity contribution in [2.24, 2.45) is 0 Å². The Balaban J connectivity index is 1.70. The average molecular weight is 345 g/mol. The van der Waals surface area contributed by atoms with Crippen molar-refractivity contribution < 1.29 is 9.13 Å². The Hall–Kier alpha value is -2.41. The number of ether oxygens (including phenoxy) is 1. The molecule has 2 heterocycles. The van der Waals surface area contributed by atoms with Crippen LogP contribution in [0.2, 0.25) is 0 Å². The number of hydrogen-bond donors (Lipinski definition) is 1. The fourth-order valence-electron chi connectivity index (χ4n) is 2.38. The van der Waals surface area contributed by atoms with E-state index in [2.05, 4.69) is 15.0 Å². The molecule has 0 aliphatic heterocycles. The maximum Gasteiger partial charge on any atom is 0.261 e. The number of halogens is 1. The van der Waals surface area contributed by atoms with Crippen LogP contribution in [0.15, 0.2) is 40.3 Å². The highest BCUT2D eigenvalue weighted by Gasteiger charge is 2.09. The van der Waals surface area contributed by atoms with Crippen LogP contribution in [0.1, 0.15) is 11.3 Å². The molecule has 1 N–H and O–H groups in total. The predicted molar refractivity (Wildman–Crippen MR) is 92.3 cm³/mol. The Morgan fingerprint density at radius 3 is 2.83 bits per heavy atom. The Morgan fingerprint density at radius 1 is 1.25 bits per heavy atom. The van der Waals surface area contributed by atoms with Crippen LogP contribution in [0.4, 0.5) is 4.39 Å². The van der Waals surface area contributed by atoms with E-state index in [9.17, 15) is 9.18 Å². The van der Waals surface area contributed by atoms with Crippen LogP contribution >= 0.6 is 11.8 Å². The quantitative estimate of drug-likeness (QED) is 0.437. The molecule has 124 valence electrons. The van der Waals surface area contributed by atoms with Crippen LogP contribution in [-0.2, 0) is 0 Å². The SMILES string of the molecule is Cc1cc(C)c2c(=O)[nH]c(SCCOc3ccccc3F)nc2n1. The summed E-state index contributed by atoms with van der Waals surface area (Å²) in [6.07, 6.45) is 0. The summed E-state index contributed by atoms with van der Waals surface area (Å²) in [5.41, 5.74) is 1.90. The second-order valence-corrected chi connectivity index (χ2v) is 6.36. The van der Waals surface area contributed by atoms with Crippen LogP contribution in [0, 0.1) is 19.7 Å². The highest BCUT2D eigenvalue weighted by atomic mass is 32.2. The first kappa shape index (κ1) is 16.4. The summed E-state index contributed by atoms with van der Waals surface area (Å²) in [5, 5.41) is 0.981. The van der Waals surface area contributed by atoms with E-state index >= 15 is 0 Å². The lowest BCUT2D eigenvalue weighted by atomic mass is 10.2. The second kappa shape index (κ2) is 7.00. The van der Waals surface area contributed by atoms with Crippen LogP contribution in [-0.4, -0.2) is 27.3 Å². The number of aromatic nitrogens is 3. The van der Waals surface area contributed by atoms with Crippen molar-refractivity contribution in [3.05, 3.63) is 57.8 Å². The number of aryl methyl sites for hydroxylation is 2. The van der Waals surface area contributed by atoms with Gasteiger partial charge < -0.3 is 9.72 Å². The first-order chi connectivity index (χ1) is 11.5. The average Bonchev–Trinajstić information content (AvgIpc) is 2.52. The zero-order valence-electron chi connectivity index (χ0n) is 13.3. The monoisotopic (exact) mass is 345 g/mol. The van der Waals surface area contributed by atoms with Gasteiger partial charge in [0.15, 0.2) is 22.4 Å². The van der Waals surface area contributed by atoms with E-state index in [1.54, 1.807) is 18.2 Å². The summed E-state index contributed by atoms with van der Waals surface area (Å²) in [7, 11) is 0. The topological polar surface area (TPSA) is 67.9 Å². The molecule has 1 aromatic carbocycles. The standard InChI is InChI=1S/C17H16FN3O2S/c1-10-9-11(2)19-15-14(10)16(22)21-17(20-15)24-8-7-23-13-6-4-3-5-12(13)18/h3-6,9H,7-8H2,1-2H3,(H,19,20,21,22). The maximum absolute atomic E-state index is 13.4. The van der Waals surface area contributed by atoms with Gasteiger partial charge in [0.25, 0.3) is 5.56 Å². The molecule has 5 nitrogen and oxygen atoms in total. The number of nitrogens with zero attached hydrogens (tertiary/aromatic N) is 2. The molecule has 3 rings (SSSR count). The molecule has 0 radical (unpaired) electrons. The van der Waals surface area contributed by atoms with Crippen molar-refractivity contribution in [3.8, 4) is 5.75 Å². The molecule has 3 aromatic rings. The van der Waals surface area contributed by atoms with Crippen LogP contribution in [0.3, 0.4) is 0 Å². The summed E-state index contributed by atoms with van der Waals surface area (Å²) in [6.45, 7) is 4.03. The molecule has 0 saturated heterocycles. The number of thioether (sulfide) groups is 1. The Labute approximate surface area is 142 Å². The highest BCUT2D eigenvalue weighted by Crippen LogP contribution is 2.18. The highest BCUT2D eigenvalue weighted by molar-refractivity contribution is 7.99. The zero-order valence-corrected chi connectivity index (χ0v) is 14.1. The molecule has 0 aliphatic carbocycles. The minimum absolute atomic E-state index is 0.206. The van der Waals surface area contributed by atoms with Gasteiger partial charge in [0, 0.05) is 11.4 Å². The normalized spacial score (nSPS) is 11.0. The second-order valence-electron chi connectivity index (χ2n) is 5.28. The summed E-state index contributed by atoms with van der Waals surface area (Å²) in [4.78, 5) is 23.7. The summed E-state index contributed by atoms with van der Waals surface area (Å²) >= 11 is 1.33. The first-order valence-corrected chi connectivity index (χ1v) is 8.41. The third-order valence-electron chi connectivity index (χ3n) is 3.40. The number of fused-ring (bicyclic) bond motifs is 1. The Kier molecular flexibility index (Phi) is 4.80. The molecular formula is C17H16FN3O2S. The number of rotatable bonds is 5. The molecule has 0 spiro atoms. The summed E-state index contributed by atoms with van der Waals surface area (Å²) in [6, 6.07) is 8.10. The van der Waals surface area contributed by atoms with Crippen molar-refractivity contribution in [1.29, 1.82) is 0 Å². The van der Waals surface area contributed by atoms with Gasteiger partial charge in [0.2, 0.25) is 0 Å². The van der Waals surface area contributed by atoms with Gasteiger partial charge in [0.05, 0.1) is 12.0 Å². The van der Waals surface area contributed by atoms with E-state index in [0.717, 1.165) is 11.3 Å². The van der Waals surface area contributed by atoms with Gasteiger partial charge in [-0.2, -0.15) is 0 Å². The minimum atomic E-state index is -0.394. The number of para-hydroxylation sites is 1. The molecule has 7 heteroatoms. The van der Waals surface area contributed by atoms with Gasteiger partial charge in [-0.3, -0.25) is 4.79 Å². The fourth-order valence-corrected chi connectivity index (χ4v) is 3.06. The van der Waals surface area contributed by atoms with Gasteiger partial charge in [-0.05, 0) is 37.6 Å². The van der Waals surface area contributed by atoms with Crippen molar-refractivity contribution in [3.63, 3.8) is 0 Å². The van der Waals surface area contributed by atoms with Crippen molar-refractivity contribution in [2.75, 3.05) is 12.4 Å². The largest absolute Gasteiger partial charge is 0.490 e. The number of aromatic amines is 1. The van der Waals surface area contributed by atoms with E-state index in [1.807, 2.05) is 19.9 Å². The molecule has 0 fully saturated rings. The Morgan fingerprint density at radius 2 is 2.04 bits per heavy atom. The lowest BCUT2D eigenvalue weighted by Crippen LogP contribution is -2.12. The third-order valence-corrected chi connectivity index (χ3v) is 4.23. The fraction of sp³-hybridized carbons (Fsp3) is 0.235. The van der Waals surface area contributed by atoms with Crippen LogP contribution < -0.4 is 10.3 Å². The van der Waals surface area contributed by atoms with Gasteiger partial charge in [0.1, 0.15) is 0 Å². The molecule has 0 unspecified atom stereocenters. The summed E-state index contributed by atoms with van der Waals surface area (Å²) in [5.74, 6) is 0.342. The van der Waals surface area contributed by atoms with E-state index in [0.29, 0.717) is 28.5 Å². The van der Waals surface area contributed by atoms with E-state index in [1.165, 1.54) is 17.8 Å². The predicted octanol–water partition coefficient (Wildman–Crippen LogP) is 3.25. The number of pyridine rings is 1. The molecule has 0 aliphatic rings. The molecule has 2 aromatic heterocycles. The molecular weight excluding hydrogens is 329 g/mol. The first-order valence-electron chi connectivity index (χ1n) is 7.43. The van der Waals surface area contributed by atoms with Gasteiger partial charge in [-0.1, -0.05) is 23.9 Å². The molecule has 0 atom stereocenters. The van der Waals surface area contributed by atoms with Crippen molar-refractivity contribution >= 4 is 22.8 Å². The number of benzene rings is 1. The minimum Gasteiger partial charge on any atom is -0.490 e. The molecule has 0 saturated carbocycles. The van der Waals surface area contributed by atoms with Crippen LogP contribution in [0.25, 0.3) is 11.0 Å². The van der Waals surface area contributed by atoms with Gasteiger partial charge >= 0.3 is 0 Å². The van der Waals surface area contributed by atoms with E-state index < -0.39 is 5.82 Å². The zero-order chi connectivity index (χ0) is 17.1. The molecule has 0 amide bonds. The third kappa shape index (κ3) is 3.56. The lowest BCUT2D eigenvalue weighted by molar-refractivity contribution is 0.325. The van der Waals surface area contributed by atoms with E-state index in [-0.39, 0.29) is 11.3 Å². The molecule has 24 heavy (non-hydrogen) atoms. The number of H-pyrrole nitrogens is 1.